The molecule has 5 atom stereocenters. The van der Waals surface area contributed by atoms with Gasteiger partial charge in [-0.1, -0.05) is 78.1 Å². The van der Waals surface area contributed by atoms with Crippen LogP contribution in [0.3, 0.4) is 0 Å². The van der Waals surface area contributed by atoms with Crippen LogP contribution in [-0.4, -0.2) is 90.1 Å². The van der Waals surface area contributed by atoms with Crippen molar-refractivity contribution < 1.29 is 32.4 Å². The van der Waals surface area contributed by atoms with E-state index in [4.69, 9.17) is 0 Å². The van der Waals surface area contributed by atoms with E-state index in [1.54, 1.807) is 25.7 Å². The summed E-state index contributed by atoms with van der Waals surface area (Å²) in [4.78, 5) is 71.4. The van der Waals surface area contributed by atoms with Crippen LogP contribution in [0.1, 0.15) is 144 Å². The predicted molar refractivity (Wildman–Crippen MR) is 207 cm³/mol. The fraction of sp³-hybridized carbons (Fsp3) is 0.878. The Balaban J connectivity index is 1.19. The average Bonchev–Trinajstić information content (AvgIpc) is 4.07. The molecule has 6 rings (SSSR count). The van der Waals surface area contributed by atoms with Crippen LogP contribution in [0.5, 0.6) is 0 Å². The number of amides is 5. The standard InChI is InChI=1S/C41H67N5O7S/c1-39(2,3)54(52,53)25-41(21-10-7-11-22-41)45-38(51)44-32(28-12-8-6-9-13-28)37(50)46-24-29-31(40(29,4)5)33(46)35(48)43-30(19-18-26-14-15-26)34(47)36(49)42-23-20-27-16-17-27/h26-33H,6-25H2,1-5H3,(H,42,49)(H,43,48)(H2,44,45,51)/t29-,30?,31-,32-,33-/m0/s1. The van der Waals surface area contributed by atoms with Gasteiger partial charge in [-0.05, 0) is 101 Å². The van der Waals surface area contributed by atoms with Gasteiger partial charge in [0.1, 0.15) is 12.1 Å². The van der Waals surface area contributed by atoms with Crippen LogP contribution in [0, 0.1) is 35.0 Å². The summed E-state index contributed by atoms with van der Waals surface area (Å²) < 4.78 is 25.9. The van der Waals surface area contributed by atoms with Crippen molar-refractivity contribution in [2.45, 2.75) is 172 Å². The molecule has 0 aromatic carbocycles. The molecular weight excluding hydrogens is 707 g/mol. The lowest BCUT2D eigenvalue weighted by Crippen LogP contribution is -2.63. The van der Waals surface area contributed by atoms with Crippen LogP contribution in [0.2, 0.25) is 0 Å². The molecule has 0 spiro atoms. The van der Waals surface area contributed by atoms with Gasteiger partial charge in [0.15, 0.2) is 9.84 Å². The van der Waals surface area contributed by atoms with Crippen molar-refractivity contribution >= 4 is 39.4 Å². The lowest BCUT2D eigenvalue weighted by atomic mass is 9.82. The topological polar surface area (TPSA) is 171 Å². The van der Waals surface area contributed by atoms with Gasteiger partial charge in [0.25, 0.3) is 5.91 Å². The molecule has 1 heterocycles. The lowest BCUT2D eigenvalue weighted by molar-refractivity contribution is -0.145. The number of sulfone groups is 1. The summed E-state index contributed by atoms with van der Waals surface area (Å²) in [5, 5.41) is 11.9. The minimum absolute atomic E-state index is 0.0949. The molecule has 5 amide bonds. The zero-order valence-corrected chi connectivity index (χ0v) is 34.3. The molecule has 6 aliphatic rings. The van der Waals surface area contributed by atoms with Gasteiger partial charge in [0.2, 0.25) is 17.6 Å². The highest BCUT2D eigenvalue weighted by atomic mass is 32.2. The van der Waals surface area contributed by atoms with Crippen LogP contribution in [0.25, 0.3) is 0 Å². The fourth-order valence-electron chi connectivity index (χ4n) is 9.75. The van der Waals surface area contributed by atoms with E-state index in [2.05, 4.69) is 35.1 Å². The van der Waals surface area contributed by atoms with E-state index in [-0.39, 0.29) is 34.8 Å². The molecule has 5 saturated carbocycles. The summed E-state index contributed by atoms with van der Waals surface area (Å²) in [6.07, 6.45) is 14.6. The summed E-state index contributed by atoms with van der Waals surface area (Å²) in [7, 11) is -3.55. The smallest absolute Gasteiger partial charge is 0.315 e. The van der Waals surface area contributed by atoms with Crippen molar-refractivity contribution in [2.24, 2.45) is 35.0 Å². The zero-order chi connectivity index (χ0) is 39.1. The van der Waals surface area contributed by atoms with Crippen molar-refractivity contribution in [1.29, 1.82) is 0 Å². The SMILES string of the molecule is CC1(C)[C@@H]2[C@@H](C(=O)NC(CCC3CC3)C(=O)C(=O)NCCC3CC3)N(C(=O)[C@@H](NC(=O)NC3(CS(=O)(=O)C(C)(C)C)CCCCC3)C3CCCCC3)C[C@@H]21. The van der Waals surface area contributed by atoms with Crippen LogP contribution >= 0.6 is 0 Å². The van der Waals surface area contributed by atoms with Crippen molar-refractivity contribution in [3.8, 4) is 0 Å². The highest BCUT2D eigenvalue weighted by Crippen LogP contribution is 2.65. The van der Waals surface area contributed by atoms with E-state index in [0.717, 1.165) is 89.9 Å². The Labute approximate surface area is 323 Å². The first-order chi connectivity index (χ1) is 25.4. The number of carbonyl (C=O) groups is 5. The number of fused-ring (bicyclic) bond motifs is 1. The van der Waals surface area contributed by atoms with E-state index in [0.29, 0.717) is 44.2 Å². The third-order valence-corrected chi connectivity index (χ3v) is 16.8. The van der Waals surface area contributed by atoms with E-state index >= 15 is 0 Å². The molecular formula is C41H67N5O7S. The first kappa shape index (κ1) is 40.9. The molecule has 304 valence electrons. The normalized spacial score (nSPS) is 27.6. The number of piperidine rings is 1. The van der Waals surface area contributed by atoms with Crippen molar-refractivity contribution in [3.05, 3.63) is 0 Å². The monoisotopic (exact) mass is 773 g/mol. The molecule has 0 radical (unpaired) electrons. The predicted octanol–water partition coefficient (Wildman–Crippen LogP) is 4.79. The van der Waals surface area contributed by atoms with Gasteiger partial charge in [-0.15, -0.1) is 0 Å². The fourth-order valence-corrected chi connectivity index (χ4v) is 11.3. The van der Waals surface area contributed by atoms with Crippen LogP contribution in [0.15, 0.2) is 0 Å². The number of ketones is 1. The number of carbonyl (C=O) groups excluding carboxylic acids is 5. The second-order valence-corrected chi connectivity index (χ2v) is 22.3. The molecule has 6 fully saturated rings. The van der Waals surface area contributed by atoms with Crippen molar-refractivity contribution in [2.75, 3.05) is 18.8 Å². The van der Waals surface area contributed by atoms with Crippen LogP contribution in [0.4, 0.5) is 4.79 Å². The Bertz CT molecular complexity index is 1540. The first-order valence-electron chi connectivity index (χ1n) is 21.2. The molecule has 1 unspecified atom stereocenters. The quantitative estimate of drug-likeness (QED) is 0.163. The molecule has 1 aliphatic heterocycles. The summed E-state index contributed by atoms with van der Waals surface area (Å²) in [6.45, 7) is 10.1. The van der Waals surface area contributed by atoms with Gasteiger partial charge in [-0.3, -0.25) is 19.2 Å². The summed E-state index contributed by atoms with van der Waals surface area (Å²) >= 11 is 0. The second kappa shape index (κ2) is 16.0. The van der Waals surface area contributed by atoms with Crippen LogP contribution < -0.4 is 21.3 Å². The van der Waals surface area contributed by atoms with E-state index < -0.39 is 61.9 Å². The summed E-state index contributed by atoms with van der Waals surface area (Å²) in [5.41, 5.74) is -1.11. The number of nitrogens with one attached hydrogen (secondary N) is 4. The molecule has 4 N–H and O–H groups in total. The van der Waals surface area contributed by atoms with E-state index in [1.165, 1.54) is 0 Å². The van der Waals surface area contributed by atoms with Gasteiger partial charge < -0.3 is 26.2 Å². The number of hydrogen-bond donors (Lipinski definition) is 4. The summed E-state index contributed by atoms with van der Waals surface area (Å²) in [5.74, 6) is -1.21. The van der Waals surface area contributed by atoms with E-state index in [1.807, 2.05) is 0 Å². The number of hydrogen-bond acceptors (Lipinski definition) is 7. The molecule has 0 aromatic rings. The molecule has 1 saturated heterocycles. The maximum atomic E-state index is 14.8. The second-order valence-electron chi connectivity index (χ2n) is 19.5. The lowest BCUT2D eigenvalue weighted by Gasteiger charge is -2.41. The largest absolute Gasteiger partial charge is 0.349 e. The van der Waals surface area contributed by atoms with Gasteiger partial charge in [0.05, 0.1) is 22.1 Å². The Morgan fingerprint density at radius 2 is 1.43 bits per heavy atom. The maximum Gasteiger partial charge on any atom is 0.315 e. The number of Topliss-reactive ketones (excluding diaryl/α,β-unsaturated/α-hetero) is 1. The van der Waals surface area contributed by atoms with Crippen LogP contribution in [-0.2, 0) is 29.0 Å². The van der Waals surface area contributed by atoms with Crippen molar-refractivity contribution in [3.63, 3.8) is 0 Å². The third kappa shape index (κ3) is 9.45. The van der Waals surface area contributed by atoms with Gasteiger partial charge in [0, 0.05) is 13.1 Å². The highest BCUT2D eigenvalue weighted by molar-refractivity contribution is 7.92. The first-order valence-corrected chi connectivity index (χ1v) is 22.8. The summed E-state index contributed by atoms with van der Waals surface area (Å²) in [6, 6.07) is -3.23. The van der Waals surface area contributed by atoms with Gasteiger partial charge >= 0.3 is 6.03 Å². The molecule has 0 bridgehead atoms. The molecule has 12 nitrogen and oxygen atoms in total. The number of urea groups is 1. The van der Waals surface area contributed by atoms with Gasteiger partial charge in [-0.2, -0.15) is 0 Å². The third-order valence-electron chi connectivity index (χ3n) is 14.0. The molecule has 5 aliphatic carbocycles. The molecule has 13 heteroatoms. The number of likely N-dealkylation sites (tertiary alicyclic amines) is 1. The Hall–Kier alpha value is -2.70. The highest BCUT2D eigenvalue weighted by Gasteiger charge is 2.70. The maximum absolute atomic E-state index is 14.8. The van der Waals surface area contributed by atoms with Gasteiger partial charge in [-0.25, -0.2) is 13.2 Å². The van der Waals surface area contributed by atoms with E-state index in [9.17, 15) is 32.4 Å². The van der Waals surface area contributed by atoms with Crippen molar-refractivity contribution in [1.82, 2.24) is 26.2 Å². The number of rotatable bonds is 16. The minimum Gasteiger partial charge on any atom is -0.349 e. The Kier molecular flexibility index (Phi) is 12.2. The Morgan fingerprint density at radius 3 is 2.04 bits per heavy atom. The minimum atomic E-state index is -3.55. The molecule has 0 aromatic heterocycles. The Morgan fingerprint density at radius 1 is 0.815 bits per heavy atom. The number of nitrogens with zero attached hydrogens (tertiary/aromatic N) is 1. The molecule has 54 heavy (non-hydrogen) atoms. The zero-order valence-electron chi connectivity index (χ0n) is 33.5. The average molecular weight is 774 g/mol.